The Balaban J connectivity index is 1.18. The Hall–Kier alpha value is -3.26. The molecule has 4 rings (SSSR count). The molecule has 1 N–H and O–H groups in total. The van der Waals surface area contributed by atoms with Gasteiger partial charge in [0.1, 0.15) is 11.5 Å². The Morgan fingerprint density at radius 1 is 1.12 bits per heavy atom. The molecule has 176 valence electrons. The molecule has 1 amide bonds. The third kappa shape index (κ3) is 5.96. The molecule has 0 atom stereocenters. The van der Waals surface area contributed by atoms with Crippen molar-refractivity contribution in [3.63, 3.8) is 0 Å². The fraction of sp³-hybridized carbons (Fsp3) is 0.440. The summed E-state index contributed by atoms with van der Waals surface area (Å²) in [5.74, 6) is 1.72. The Morgan fingerprint density at radius 3 is 2.73 bits per heavy atom. The number of pyridine rings is 1. The van der Waals surface area contributed by atoms with Crippen LogP contribution in [-0.4, -0.2) is 66.9 Å². The lowest BCUT2D eigenvalue weighted by Crippen LogP contribution is -2.46. The lowest BCUT2D eigenvalue weighted by Gasteiger charge is -2.36. The molecular formula is C25H33N5O3. The molecule has 1 aliphatic rings. The molecule has 1 aromatic carbocycles. The van der Waals surface area contributed by atoms with Gasteiger partial charge in [-0.1, -0.05) is 12.1 Å². The minimum atomic E-state index is -0.0528. The summed E-state index contributed by atoms with van der Waals surface area (Å²) >= 11 is 0. The van der Waals surface area contributed by atoms with Crippen LogP contribution < -0.4 is 19.7 Å². The molecule has 3 heterocycles. The average Bonchev–Trinajstić information content (AvgIpc) is 3.25. The highest BCUT2D eigenvalue weighted by Crippen LogP contribution is 2.28. The van der Waals surface area contributed by atoms with E-state index in [1.807, 2.05) is 30.5 Å². The molecule has 2 aromatic heterocycles. The van der Waals surface area contributed by atoms with Crippen molar-refractivity contribution in [1.29, 1.82) is 0 Å². The van der Waals surface area contributed by atoms with Crippen molar-refractivity contribution in [2.24, 2.45) is 0 Å². The highest BCUT2D eigenvalue weighted by Gasteiger charge is 2.19. The molecule has 0 bridgehead atoms. The molecule has 0 radical (unpaired) electrons. The number of rotatable bonds is 10. The minimum Gasteiger partial charge on any atom is -0.495 e. The molecule has 0 aliphatic carbocycles. The van der Waals surface area contributed by atoms with Crippen molar-refractivity contribution in [2.75, 3.05) is 51.3 Å². The molecule has 8 nitrogen and oxygen atoms in total. The maximum atomic E-state index is 11.2. The summed E-state index contributed by atoms with van der Waals surface area (Å²) in [7, 11) is 1.73. The molecule has 3 aromatic rings. The topological polar surface area (TPSA) is 71.3 Å². The number of nitrogens with one attached hydrogen (secondary N) is 1. The second kappa shape index (κ2) is 11.0. The maximum absolute atomic E-state index is 11.2. The fourth-order valence-corrected chi connectivity index (χ4v) is 4.19. The number of carbonyl (C=O) groups is 1. The van der Waals surface area contributed by atoms with Crippen LogP contribution in [0.15, 0.2) is 48.8 Å². The SMILES string of the molecule is COc1ccccc1N1CCN(CCCCOc2ccn3ncc(CNC(C)=O)c3c2)CC1. The predicted octanol–water partition coefficient (Wildman–Crippen LogP) is 2.96. The van der Waals surface area contributed by atoms with Gasteiger partial charge in [-0.3, -0.25) is 9.69 Å². The number of hydrogen-bond acceptors (Lipinski definition) is 6. The molecule has 1 saturated heterocycles. The summed E-state index contributed by atoms with van der Waals surface area (Å²) in [6.45, 7) is 7.92. The van der Waals surface area contributed by atoms with Crippen molar-refractivity contribution in [2.45, 2.75) is 26.3 Å². The number of benzene rings is 1. The van der Waals surface area contributed by atoms with Crippen molar-refractivity contribution in [3.05, 3.63) is 54.4 Å². The van der Waals surface area contributed by atoms with E-state index < -0.39 is 0 Å². The Bertz CT molecular complexity index is 1060. The van der Waals surface area contributed by atoms with Crippen LogP contribution in [0, 0.1) is 0 Å². The van der Waals surface area contributed by atoms with Gasteiger partial charge in [-0.25, -0.2) is 4.52 Å². The lowest BCUT2D eigenvalue weighted by molar-refractivity contribution is -0.119. The highest BCUT2D eigenvalue weighted by atomic mass is 16.5. The molecule has 33 heavy (non-hydrogen) atoms. The number of anilines is 1. The first-order chi connectivity index (χ1) is 16.1. The van der Waals surface area contributed by atoms with Crippen molar-refractivity contribution in [1.82, 2.24) is 19.8 Å². The first-order valence-corrected chi connectivity index (χ1v) is 11.6. The lowest BCUT2D eigenvalue weighted by atomic mass is 10.2. The Labute approximate surface area is 195 Å². The van der Waals surface area contributed by atoms with Crippen LogP contribution in [0.4, 0.5) is 5.69 Å². The van der Waals surface area contributed by atoms with E-state index in [0.29, 0.717) is 13.2 Å². The second-order valence-corrected chi connectivity index (χ2v) is 8.33. The van der Waals surface area contributed by atoms with E-state index in [4.69, 9.17) is 9.47 Å². The molecule has 0 unspecified atom stereocenters. The highest BCUT2D eigenvalue weighted by molar-refractivity contribution is 5.73. The van der Waals surface area contributed by atoms with E-state index in [2.05, 4.69) is 32.3 Å². The molecular weight excluding hydrogens is 418 g/mol. The van der Waals surface area contributed by atoms with Crippen LogP contribution in [0.2, 0.25) is 0 Å². The zero-order valence-electron chi connectivity index (χ0n) is 19.5. The Morgan fingerprint density at radius 2 is 1.94 bits per heavy atom. The standard InChI is InChI=1S/C25H33N5O3/c1-20(31)26-18-21-19-27-30-11-9-22(17-24(21)30)33-16-6-5-10-28-12-14-29(15-13-28)23-7-3-4-8-25(23)32-2/h3-4,7-9,11,17,19H,5-6,10,12-16,18H2,1-2H3,(H,26,31). The van der Waals surface area contributed by atoms with Gasteiger partial charge >= 0.3 is 0 Å². The normalized spacial score (nSPS) is 14.4. The van der Waals surface area contributed by atoms with Gasteiger partial charge in [0.25, 0.3) is 0 Å². The van der Waals surface area contributed by atoms with Gasteiger partial charge in [0.2, 0.25) is 5.91 Å². The third-order valence-corrected chi connectivity index (χ3v) is 6.04. The van der Waals surface area contributed by atoms with Crippen LogP contribution in [-0.2, 0) is 11.3 Å². The molecule has 1 fully saturated rings. The van der Waals surface area contributed by atoms with Crippen LogP contribution in [0.1, 0.15) is 25.3 Å². The van der Waals surface area contributed by atoms with Crippen LogP contribution in [0.25, 0.3) is 5.52 Å². The van der Waals surface area contributed by atoms with Crippen LogP contribution in [0.5, 0.6) is 11.5 Å². The number of piperazine rings is 1. The van der Waals surface area contributed by atoms with E-state index in [1.54, 1.807) is 17.8 Å². The first-order valence-electron chi connectivity index (χ1n) is 11.6. The van der Waals surface area contributed by atoms with E-state index in [-0.39, 0.29) is 5.91 Å². The number of unbranched alkanes of at least 4 members (excludes halogenated alkanes) is 1. The summed E-state index contributed by atoms with van der Waals surface area (Å²) in [6, 6.07) is 12.2. The van der Waals surface area contributed by atoms with Crippen molar-refractivity contribution < 1.29 is 14.3 Å². The van der Waals surface area contributed by atoms with Crippen LogP contribution in [0.3, 0.4) is 0 Å². The van der Waals surface area contributed by atoms with E-state index in [1.165, 1.54) is 12.6 Å². The number of hydrogen-bond donors (Lipinski definition) is 1. The third-order valence-electron chi connectivity index (χ3n) is 6.04. The van der Waals surface area contributed by atoms with Gasteiger partial charge < -0.3 is 19.7 Å². The van der Waals surface area contributed by atoms with Gasteiger partial charge in [0, 0.05) is 57.5 Å². The summed E-state index contributed by atoms with van der Waals surface area (Å²) < 4.78 is 13.3. The summed E-state index contributed by atoms with van der Waals surface area (Å²) in [4.78, 5) is 16.1. The van der Waals surface area contributed by atoms with E-state index in [9.17, 15) is 4.79 Å². The molecule has 1 aliphatic heterocycles. The summed E-state index contributed by atoms with van der Waals surface area (Å²) in [5, 5.41) is 7.15. The second-order valence-electron chi connectivity index (χ2n) is 8.33. The number of ether oxygens (including phenoxy) is 2. The minimum absolute atomic E-state index is 0.0528. The molecule has 8 heteroatoms. The Kier molecular flexibility index (Phi) is 7.67. The predicted molar refractivity (Wildman–Crippen MR) is 129 cm³/mol. The van der Waals surface area contributed by atoms with Crippen LogP contribution >= 0.6 is 0 Å². The van der Waals surface area contributed by atoms with Gasteiger partial charge in [-0.05, 0) is 37.6 Å². The number of para-hydroxylation sites is 2. The average molecular weight is 452 g/mol. The smallest absolute Gasteiger partial charge is 0.217 e. The number of nitrogens with zero attached hydrogens (tertiary/aromatic N) is 4. The molecule has 0 saturated carbocycles. The summed E-state index contributed by atoms with van der Waals surface area (Å²) in [5.41, 5.74) is 3.11. The fourth-order valence-electron chi connectivity index (χ4n) is 4.19. The first kappa shape index (κ1) is 22.9. The van der Waals surface area contributed by atoms with Crippen molar-refractivity contribution in [3.8, 4) is 11.5 Å². The van der Waals surface area contributed by atoms with E-state index in [0.717, 1.165) is 68.1 Å². The van der Waals surface area contributed by atoms with Crippen molar-refractivity contribution >= 4 is 17.1 Å². The largest absolute Gasteiger partial charge is 0.495 e. The zero-order chi connectivity index (χ0) is 23.0. The zero-order valence-corrected chi connectivity index (χ0v) is 19.5. The number of fused-ring (bicyclic) bond motifs is 1. The van der Waals surface area contributed by atoms with Gasteiger partial charge in [-0.2, -0.15) is 5.10 Å². The maximum Gasteiger partial charge on any atom is 0.217 e. The number of amides is 1. The number of aromatic nitrogens is 2. The van der Waals surface area contributed by atoms with E-state index >= 15 is 0 Å². The quantitative estimate of drug-likeness (QED) is 0.478. The van der Waals surface area contributed by atoms with Gasteiger partial charge in [0.15, 0.2) is 0 Å². The van der Waals surface area contributed by atoms with Gasteiger partial charge in [0.05, 0.1) is 31.1 Å². The molecule has 0 spiro atoms. The monoisotopic (exact) mass is 451 g/mol. The summed E-state index contributed by atoms with van der Waals surface area (Å²) in [6.07, 6.45) is 5.79. The van der Waals surface area contributed by atoms with Gasteiger partial charge in [-0.15, -0.1) is 0 Å². The number of methoxy groups -OCH3 is 1. The number of carbonyl (C=O) groups excluding carboxylic acids is 1.